The minimum Gasteiger partial charge on any atom is -0.352 e. The van der Waals surface area contributed by atoms with Crippen molar-refractivity contribution in [2.45, 2.75) is 26.2 Å². The van der Waals surface area contributed by atoms with Gasteiger partial charge >= 0.3 is 0 Å². The highest BCUT2D eigenvalue weighted by molar-refractivity contribution is 6.30. The van der Waals surface area contributed by atoms with Crippen LogP contribution >= 0.6 is 11.6 Å². The van der Waals surface area contributed by atoms with Gasteiger partial charge in [0.1, 0.15) is 5.15 Å². The van der Waals surface area contributed by atoms with Crippen molar-refractivity contribution in [2.75, 3.05) is 26.2 Å². The molecule has 128 valence electrons. The van der Waals surface area contributed by atoms with Crippen molar-refractivity contribution in [1.29, 1.82) is 0 Å². The zero-order valence-electron chi connectivity index (χ0n) is 14.1. The lowest BCUT2D eigenvalue weighted by Crippen LogP contribution is -2.38. The van der Waals surface area contributed by atoms with Crippen molar-refractivity contribution in [2.24, 2.45) is 5.92 Å². The molecule has 1 atom stereocenters. The van der Waals surface area contributed by atoms with Crippen LogP contribution in [0.25, 0.3) is 10.9 Å². The van der Waals surface area contributed by atoms with Crippen LogP contribution in [-0.4, -0.2) is 42.0 Å². The van der Waals surface area contributed by atoms with Crippen molar-refractivity contribution < 1.29 is 4.79 Å². The zero-order valence-corrected chi connectivity index (χ0v) is 14.9. The molecule has 1 aliphatic heterocycles. The number of rotatable bonds is 5. The standard InChI is InChI=1S/C19H24ClN3O/c1-14(13-23-9-5-2-6-10-23)12-21-19(24)16-11-18(20)22-17-8-4-3-7-15(16)17/h3-4,7-8,11,14H,2,5-6,9-10,12-13H2,1H3,(H,21,24). The van der Waals surface area contributed by atoms with Gasteiger partial charge in [0.05, 0.1) is 11.1 Å². The average Bonchev–Trinajstić information content (AvgIpc) is 2.59. The number of amides is 1. The Morgan fingerprint density at radius 1 is 1.29 bits per heavy atom. The summed E-state index contributed by atoms with van der Waals surface area (Å²) in [5, 5.41) is 4.24. The molecule has 1 unspecified atom stereocenters. The molecule has 5 heteroatoms. The summed E-state index contributed by atoms with van der Waals surface area (Å²) in [6.07, 6.45) is 3.93. The molecule has 1 aliphatic rings. The number of nitrogens with zero attached hydrogens (tertiary/aromatic N) is 2. The second-order valence-electron chi connectivity index (χ2n) is 6.69. The third kappa shape index (κ3) is 4.25. The largest absolute Gasteiger partial charge is 0.352 e. The molecule has 0 spiro atoms. The number of hydrogen-bond acceptors (Lipinski definition) is 3. The Kier molecular flexibility index (Phi) is 5.69. The number of carbonyl (C=O) groups is 1. The van der Waals surface area contributed by atoms with Crippen molar-refractivity contribution in [3.8, 4) is 0 Å². The van der Waals surface area contributed by atoms with Gasteiger partial charge in [0, 0.05) is 18.5 Å². The number of piperidine rings is 1. The first-order valence-corrected chi connectivity index (χ1v) is 9.07. The molecule has 0 saturated carbocycles. The van der Waals surface area contributed by atoms with E-state index in [1.165, 1.54) is 32.4 Å². The minimum absolute atomic E-state index is 0.0824. The minimum atomic E-state index is -0.0824. The molecule has 2 heterocycles. The van der Waals surface area contributed by atoms with Gasteiger partial charge < -0.3 is 10.2 Å². The van der Waals surface area contributed by atoms with Gasteiger partial charge in [0.2, 0.25) is 0 Å². The predicted octanol–water partition coefficient (Wildman–Crippen LogP) is 3.74. The lowest BCUT2D eigenvalue weighted by molar-refractivity contribution is 0.0944. The molecule has 0 aliphatic carbocycles. The molecule has 2 aromatic rings. The normalized spacial score (nSPS) is 16.9. The van der Waals surface area contributed by atoms with E-state index in [0.717, 1.165) is 17.4 Å². The van der Waals surface area contributed by atoms with E-state index < -0.39 is 0 Å². The molecular formula is C19H24ClN3O. The van der Waals surface area contributed by atoms with Crippen molar-refractivity contribution in [1.82, 2.24) is 15.2 Å². The van der Waals surface area contributed by atoms with E-state index in [9.17, 15) is 4.79 Å². The summed E-state index contributed by atoms with van der Waals surface area (Å²) in [4.78, 5) is 19.4. The molecule has 1 fully saturated rings. The van der Waals surface area contributed by atoms with Gasteiger partial charge in [-0.25, -0.2) is 4.98 Å². The second kappa shape index (κ2) is 7.95. The first-order valence-electron chi connectivity index (χ1n) is 8.69. The van der Waals surface area contributed by atoms with Crippen molar-refractivity contribution in [3.63, 3.8) is 0 Å². The van der Waals surface area contributed by atoms with Gasteiger partial charge in [-0.15, -0.1) is 0 Å². The topological polar surface area (TPSA) is 45.2 Å². The Balaban J connectivity index is 1.62. The number of likely N-dealkylation sites (tertiary alicyclic amines) is 1. The van der Waals surface area contributed by atoms with Crippen molar-refractivity contribution >= 4 is 28.4 Å². The van der Waals surface area contributed by atoms with Crippen LogP contribution < -0.4 is 5.32 Å². The molecule has 1 aromatic heterocycles. The number of para-hydroxylation sites is 1. The van der Waals surface area contributed by atoms with E-state index in [2.05, 4.69) is 22.1 Å². The van der Waals surface area contributed by atoms with Gasteiger partial charge in [0.15, 0.2) is 0 Å². The fourth-order valence-electron chi connectivity index (χ4n) is 3.34. The maximum absolute atomic E-state index is 12.6. The summed E-state index contributed by atoms with van der Waals surface area (Å²) in [5.41, 5.74) is 1.34. The third-order valence-electron chi connectivity index (χ3n) is 4.56. The monoisotopic (exact) mass is 345 g/mol. The molecule has 4 nitrogen and oxygen atoms in total. The summed E-state index contributed by atoms with van der Waals surface area (Å²) in [6.45, 7) is 6.26. The smallest absolute Gasteiger partial charge is 0.252 e. The van der Waals surface area contributed by atoms with E-state index in [-0.39, 0.29) is 5.91 Å². The summed E-state index contributed by atoms with van der Waals surface area (Å²) in [6, 6.07) is 9.23. The second-order valence-corrected chi connectivity index (χ2v) is 7.07. The zero-order chi connectivity index (χ0) is 16.9. The van der Waals surface area contributed by atoms with E-state index >= 15 is 0 Å². The number of nitrogens with one attached hydrogen (secondary N) is 1. The van der Waals surface area contributed by atoms with E-state index in [1.807, 2.05) is 24.3 Å². The summed E-state index contributed by atoms with van der Waals surface area (Å²) >= 11 is 6.06. The first kappa shape index (κ1) is 17.2. The van der Waals surface area contributed by atoms with Gasteiger partial charge in [0.25, 0.3) is 5.91 Å². The number of benzene rings is 1. The highest BCUT2D eigenvalue weighted by atomic mass is 35.5. The predicted molar refractivity (Wildman–Crippen MR) is 98.5 cm³/mol. The highest BCUT2D eigenvalue weighted by Crippen LogP contribution is 2.20. The summed E-state index contributed by atoms with van der Waals surface area (Å²) < 4.78 is 0. The number of hydrogen-bond donors (Lipinski definition) is 1. The van der Waals surface area contributed by atoms with E-state index in [1.54, 1.807) is 6.07 Å². The summed E-state index contributed by atoms with van der Waals surface area (Å²) in [7, 11) is 0. The molecule has 24 heavy (non-hydrogen) atoms. The highest BCUT2D eigenvalue weighted by Gasteiger charge is 2.16. The van der Waals surface area contributed by atoms with Crippen LogP contribution in [0, 0.1) is 5.92 Å². The maximum Gasteiger partial charge on any atom is 0.252 e. The Morgan fingerprint density at radius 2 is 2.04 bits per heavy atom. The first-order chi connectivity index (χ1) is 11.6. The molecule has 1 N–H and O–H groups in total. The van der Waals surface area contributed by atoms with Crippen LogP contribution in [0.4, 0.5) is 0 Å². The van der Waals surface area contributed by atoms with Gasteiger partial charge in [-0.05, 0) is 44.0 Å². The van der Waals surface area contributed by atoms with Crippen LogP contribution in [0.1, 0.15) is 36.5 Å². The van der Waals surface area contributed by atoms with Gasteiger partial charge in [-0.2, -0.15) is 0 Å². The molecule has 1 saturated heterocycles. The molecular weight excluding hydrogens is 322 g/mol. The Labute approximate surface area is 148 Å². The lowest BCUT2D eigenvalue weighted by atomic mass is 10.1. The number of fused-ring (bicyclic) bond motifs is 1. The Morgan fingerprint density at radius 3 is 2.83 bits per heavy atom. The Hall–Kier alpha value is -1.65. The van der Waals surface area contributed by atoms with E-state index in [0.29, 0.717) is 23.2 Å². The molecule has 0 bridgehead atoms. The number of aromatic nitrogens is 1. The maximum atomic E-state index is 12.6. The van der Waals surface area contributed by atoms with Crippen LogP contribution in [0.3, 0.4) is 0 Å². The average molecular weight is 346 g/mol. The number of pyridine rings is 1. The van der Waals surface area contributed by atoms with E-state index in [4.69, 9.17) is 11.6 Å². The SMILES string of the molecule is CC(CNC(=O)c1cc(Cl)nc2ccccc12)CN1CCCCC1. The quantitative estimate of drug-likeness (QED) is 0.840. The van der Waals surface area contributed by atoms with Crippen LogP contribution in [0.5, 0.6) is 0 Å². The molecule has 1 aromatic carbocycles. The molecule has 1 amide bonds. The van der Waals surface area contributed by atoms with Crippen LogP contribution in [0.15, 0.2) is 30.3 Å². The number of carbonyl (C=O) groups excluding carboxylic acids is 1. The van der Waals surface area contributed by atoms with Crippen molar-refractivity contribution in [3.05, 3.63) is 41.0 Å². The lowest BCUT2D eigenvalue weighted by Gasteiger charge is -2.29. The van der Waals surface area contributed by atoms with Crippen LogP contribution in [-0.2, 0) is 0 Å². The fraction of sp³-hybridized carbons (Fsp3) is 0.474. The fourth-order valence-corrected chi connectivity index (χ4v) is 3.54. The third-order valence-corrected chi connectivity index (χ3v) is 4.75. The molecule has 0 radical (unpaired) electrons. The molecule has 3 rings (SSSR count). The Bertz CT molecular complexity index is 713. The van der Waals surface area contributed by atoms with Gasteiger partial charge in [-0.1, -0.05) is 43.1 Å². The van der Waals surface area contributed by atoms with Gasteiger partial charge in [-0.3, -0.25) is 4.79 Å². The van der Waals surface area contributed by atoms with Crippen LogP contribution in [0.2, 0.25) is 5.15 Å². The summed E-state index contributed by atoms with van der Waals surface area (Å²) in [5.74, 6) is 0.344. The number of halogens is 1.